The number of methoxy groups -OCH3 is 1. The number of aliphatic hydroxyl groups is 1. The van der Waals surface area contributed by atoms with Crippen LogP contribution >= 0.6 is 0 Å². The molecule has 0 bridgehead atoms. The van der Waals surface area contributed by atoms with Gasteiger partial charge >= 0.3 is 5.97 Å². The summed E-state index contributed by atoms with van der Waals surface area (Å²) in [5, 5.41) is 9.56. The van der Waals surface area contributed by atoms with Gasteiger partial charge in [0, 0.05) is 5.41 Å². The highest BCUT2D eigenvalue weighted by atomic mass is 16.5. The third kappa shape index (κ3) is 1.33. The molecule has 0 aromatic rings. The Bertz CT molecular complexity index is 186. The SMILES string of the molecule is COC(=O)[C@H]1CC[C@@H](O)C1(C)C. The van der Waals surface area contributed by atoms with Gasteiger partial charge in [0.1, 0.15) is 0 Å². The lowest BCUT2D eigenvalue weighted by Gasteiger charge is -2.27. The Kier molecular flexibility index (Phi) is 2.42. The van der Waals surface area contributed by atoms with E-state index < -0.39 is 0 Å². The van der Waals surface area contributed by atoms with Gasteiger partial charge in [-0.05, 0) is 12.8 Å². The van der Waals surface area contributed by atoms with Crippen molar-refractivity contribution in [3.8, 4) is 0 Å². The molecule has 0 heterocycles. The summed E-state index contributed by atoms with van der Waals surface area (Å²) in [7, 11) is 1.39. The second-order valence-corrected chi connectivity index (χ2v) is 3.99. The maximum atomic E-state index is 11.2. The average Bonchev–Trinajstić information content (AvgIpc) is 2.27. The van der Waals surface area contributed by atoms with Crippen LogP contribution in [0.4, 0.5) is 0 Å². The van der Waals surface area contributed by atoms with Crippen molar-refractivity contribution in [1.82, 2.24) is 0 Å². The molecule has 0 amide bonds. The molecular weight excluding hydrogens is 156 g/mol. The van der Waals surface area contributed by atoms with Crippen molar-refractivity contribution < 1.29 is 14.6 Å². The second kappa shape index (κ2) is 3.05. The average molecular weight is 172 g/mol. The molecule has 1 N–H and O–H groups in total. The van der Waals surface area contributed by atoms with Crippen LogP contribution in [0, 0.1) is 11.3 Å². The molecule has 1 saturated carbocycles. The third-order valence-electron chi connectivity index (χ3n) is 2.97. The fourth-order valence-corrected chi connectivity index (χ4v) is 1.86. The quantitative estimate of drug-likeness (QED) is 0.599. The van der Waals surface area contributed by atoms with Gasteiger partial charge in [0.15, 0.2) is 0 Å². The van der Waals surface area contributed by atoms with E-state index in [9.17, 15) is 9.90 Å². The van der Waals surface area contributed by atoms with Crippen LogP contribution < -0.4 is 0 Å². The smallest absolute Gasteiger partial charge is 0.309 e. The highest BCUT2D eigenvalue weighted by molar-refractivity contribution is 5.73. The van der Waals surface area contributed by atoms with Gasteiger partial charge in [0.05, 0.1) is 19.1 Å². The first-order valence-corrected chi connectivity index (χ1v) is 4.26. The van der Waals surface area contributed by atoms with Crippen LogP contribution in [0.2, 0.25) is 0 Å². The molecule has 0 unspecified atom stereocenters. The fourth-order valence-electron chi connectivity index (χ4n) is 1.86. The Morgan fingerprint density at radius 1 is 1.50 bits per heavy atom. The van der Waals surface area contributed by atoms with Crippen molar-refractivity contribution in [2.75, 3.05) is 7.11 Å². The van der Waals surface area contributed by atoms with E-state index in [0.29, 0.717) is 6.42 Å². The Balaban J connectivity index is 2.74. The molecule has 70 valence electrons. The largest absolute Gasteiger partial charge is 0.469 e. The molecule has 1 aliphatic rings. The molecule has 0 aromatic carbocycles. The first-order valence-electron chi connectivity index (χ1n) is 4.26. The lowest BCUT2D eigenvalue weighted by atomic mass is 9.80. The van der Waals surface area contributed by atoms with E-state index >= 15 is 0 Å². The second-order valence-electron chi connectivity index (χ2n) is 3.99. The van der Waals surface area contributed by atoms with Crippen molar-refractivity contribution in [1.29, 1.82) is 0 Å². The van der Waals surface area contributed by atoms with Gasteiger partial charge < -0.3 is 9.84 Å². The van der Waals surface area contributed by atoms with E-state index in [-0.39, 0.29) is 23.4 Å². The molecule has 2 atom stereocenters. The zero-order valence-electron chi connectivity index (χ0n) is 7.83. The van der Waals surface area contributed by atoms with Crippen LogP contribution in [0.5, 0.6) is 0 Å². The van der Waals surface area contributed by atoms with Crippen LogP contribution in [0.1, 0.15) is 26.7 Å². The van der Waals surface area contributed by atoms with E-state index in [4.69, 9.17) is 0 Å². The summed E-state index contributed by atoms with van der Waals surface area (Å²) in [6, 6.07) is 0. The van der Waals surface area contributed by atoms with Crippen LogP contribution in [-0.2, 0) is 9.53 Å². The molecule has 1 aliphatic carbocycles. The van der Waals surface area contributed by atoms with Gasteiger partial charge in [0.2, 0.25) is 0 Å². The van der Waals surface area contributed by atoms with E-state index in [1.54, 1.807) is 0 Å². The number of aliphatic hydroxyl groups excluding tert-OH is 1. The maximum absolute atomic E-state index is 11.2. The van der Waals surface area contributed by atoms with Crippen molar-refractivity contribution >= 4 is 5.97 Å². The summed E-state index contributed by atoms with van der Waals surface area (Å²) in [4.78, 5) is 11.2. The zero-order chi connectivity index (χ0) is 9.35. The lowest BCUT2D eigenvalue weighted by molar-refractivity contribution is -0.149. The number of carbonyl (C=O) groups is 1. The molecule has 3 nitrogen and oxygen atoms in total. The van der Waals surface area contributed by atoms with Gasteiger partial charge in [-0.25, -0.2) is 0 Å². The summed E-state index contributed by atoms with van der Waals surface area (Å²) in [6.07, 6.45) is 1.06. The van der Waals surface area contributed by atoms with Gasteiger partial charge in [-0.2, -0.15) is 0 Å². The van der Waals surface area contributed by atoms with Crippen molar-refractivity contribution in [3.05, 3.63) is 0 Å². The molecule has 0 aromatic heterocycles. The van der Waals surface area contributed by atoms with Crippen LogP contribution in [0.15, 0.2) is 0 Å². The molecule has 0 radical (unpaired) electrons. The van der Waals surface area contributed by atoms with E-state index in [1.165, 1.54) is 7.11 Å². The predicted octanol–water partition coefficient (Wildman–Crippen LogP) is 0.956. The molecular formula is C9H16O3. The van der Waals surface area contributed by atoms with E-state index in [2.05, 4.69) is 4.74 Å². The summed E-state index contributed by atoms with van der Waals surface area (Å²) in [5.74, 6) is -0.339. The lowest BCUT2D eigenvalue weighted by Crippen LogP contribution is -2.33. The normalized spacial score (nSPS) is 33.3. The topological polar surface area (TPSA) is 46.5 Å². The maximum Gasteiger partial charge on any atom is 0.309 e. The number of ether oxygens (including phenoxy) is 1. The number of hydrogen-bond donors (Lipinski definition) is 1. The molecule has 1 rings (SSSR count). The standard InChI is InChI=1S/C9H16O3/c1-9(2)6(8(11)12-3)4-5-7(9)10/h6-7,10H,4-5H2,1-3H3/t6-,7-/m1/s1. The van der Waals surface area contributed by atoms with Crippen LogP contribution in [0.25, 0.3) is 0 Å². The Hall–Kier alpha value is -0.570. The van der Waals surface area contributed by atoms with Gasteiger partial charge in [-0.1, -0.05) is 13.8 Å². The van der Waals surface area contributed by atoms with Gasteiger partial charge in [-0.15, -0.1) is 0 Å². The third-order valence-corrected chi connectivity index (χ3v) is 2.97. The predicted molar refractivity (Wildman–Crippen MR) is 44.5 cm³/mol. The summed E-state index contributed by atoms with van der Waals surface area (Å²) < 4.78 is 4.67. The fraction of sp³-hybridized carbons (Fsp3) is 0.889. The van der Waals surface area contributed by atoms with Crippen molar-refractivity contribution in [2.24, 2.45) is 11.3 Å². The molecule has 3 heteroatoms. The molecule has 12 heavy (non-hydrogen) atoms. The van der Waals surface area contributed by atoms with Gasteiger partial charge in [0.25, 0.3) is 0 Å². The first kappa shape index (κ1) is 9.52. The summed E-state index contributed by atoms with van der Waals surface area (Å²) in [6.45, 7) is 3.82. The van der Waals surface area contributed by atoms with Crippen molar-refractivity contribution in [2.45, 2.75) is 32.8 Å². The van der Waals surface area contributed by atoms with Crippen molar-refractivity contribution in [3.63, 3.8) is 0 Å². The number of esters is 1. The minimum Gasteiger partial charge on any atom is -0.469 e. The Labute approximate surface area is 72.7 Å². The first-order chi connectivity index (χ1) is 5.50. The Morgan fingerprint density at radius 2 is 2.08 bits per heavy atom. The minimum absolute atomic E-state index is 0.141. The number of hydrogen-bond acceptors (Lipinski definition) is 3. The molecule has 0 spiro atoms. The zero-order valence-corrected chi connectivity index (χ0v) is 7.83. The monoisotopic (exact) mass is 172 g/mol. The van der Waals surface area contributed by atoms with Crippen LogP contribution in [0.3, 0.4) is 0 Å². The molecule has 0 aliphatic heterocycles. The molecule has 0 saturated heterocycles. The number of rotatable bonds is 1. The number of carbonyl (C=O) groups excluding carboxylic acids is 1. The Morgan fingerprint density at radius 3 is 2.42 bits per heavy atom. The van der Waals surface area contributed by atoms with E-state index in [1.807, 2.05) is 13.8 Å². The minimum atomic E-state index is -0.374. The summed E-state index contributed by atoms with van der Waals surface area (Å²) in [5.41, 5.74) is -0.326. The molecule has 1 fully saturated rings. The van der Waals surface area contributed by atoms with E-state index in [0.717, 1.165) is 6.42 Å². The van der Waals surface area contributed by atoms with Gasteiger partial charge in [-0.3, -0.25) is 4.79 Å². The highest BCUT2D eigenvalue weighted by Crippen LogP contribution is 2.43. The summed E-state index contributed by atoms with van der Waals surface area (Å²) >= 11 is 0. The van der Waals surface area contributed by atoms with Crippen LogP contribution in [-0.4, -0.2) is 24.3 Å². The highest BCUT2D eigenvalue weighted by Gasteiger charge is 2.46.